The Morgan fingerprint density at radius 1 is 1.39 bits per heavy atom. The van der Waals surface area contributed by atoms with Gasteiger partial charge in [0.05, 0.1) is 12.7 Å². The molecule has 0 aromatic carbocycles. The van der Waals surface area contributed by atoms with Crippen molar-refractivity contribution >= 4 is 0 Å². The molecule has 2 N–H and O–H groups in total. The highest BCUT2D eigenvalue weighted by atomic mass is 16.5. The molecule has 2 rings (SSSR count). The summed E-state index contributed by atoms with van der Waals surface area (Å²) in [7, 11) is 1.64. The second-order valence-corrected chi connectivity index (χ2v) is 7.02. The van der Waals surface area contributed by atoms with E-state index in [0.717, 1.165) is 18.9 Å². The van der Waals surface area contributed by atoms with E-state index < -0.39 is 0 Å². The fraction of sp³-hybridized carbons (Fsp3) is 1.00. The molecule has 18 heavy (non-hydrogen) atoms. The Morgan fingerprint density at radius 3 is 2.61 bits per heavy atom. The highest BCUT2D eigenvalue weighted by Crippen LogP contribution is 2.65. The van der Waals surface area contributed by atoms with Gasteiger partial charge >= 0.3 is 0 Å². The summed E-state index contributed by atoms with van der Waals surface area (Å²) in [5.74, 6) is 0.879. The standard InChI is InChI=1S/C15H29NO2/c1-14(2)11-5-7-15(14,3)13(9-11)16-8-6-12(17)10-18-4/h11-13,16-17H,5-10H2,1-4H3. The first-order valence-corrected chi connectivity index (χ1v) is 7.32. The van der Waals surface area contributed by atoms with Gasteiger partial charge in [-0.2, -0.15) is 0 Å². The highest BCUT2D eigenvalue weighted by Gasteiger charge is 2.60. The van der Waals surface area contributed by atoms with Crippen molar-refractivity contribution in [2.45, 2.75) is 58.6 Å². The molecule has 0 aliphatic heterocycles. The van der Waals surface area contributed by atoms with Crippen molar-refractivity contribution in [3.63, 3.8) is 0 Å². The molecule has 2 bridgehead atoms. The van der Waals surface area contributed by atoms with Crippen LogP contribution in [-0.2, 0) is 4.74 Å². The molecule has 2 aliphatic carbocycles. The van der Waals surface area contributed by atoms with Crippen molar-refractivity contribution in [2.24, 2.45) is 16.7 Å². The number of aliphatic hydroxyl groups is 1. The third-order valence-electron chi connectivity index (χ3n) is 6.02. The number of ether oxygens (including phenoxy) is 1. The first-order chi connectivity index (χ1) is 8.41. The molecule has 4 atom stereocenters. The zero-order valence-corrected chi connectivity index (χ0v) is 12.3. The average Bonchev–Trinajstić information content (AvgIpc) is 2.62. The maximum Gasteiger partial charge on any atom is 0.0785 e. The van der Waals surface area contributed by atoms with Gasteiger partial charge < -0.3 is 15.2 Å². The molecule has 2 fully saturated rings. The van der Waals surface area contributed by atoms with Crippen molar-refractivity contribution in [1.29, 1.82) is 0 Å². The molecule has 3 nitrogen and oxygen atoms in total. The van der Waals surface area contributed by atoms with E-state index in [4.69, 9.17) is 4.74 Å². The maximum atomic E-state index is 9.66. The summed E-state index contributed by atoms with van der Waals surface area (Å²) in [6, 6.07) is 0.626. The highest BCUT2D eigenvalue weighted by molar-refractivity contribution is 5.12. The average molecular weight is 255 g/mol. The Bertz CT molecular complexity index is 292. The van der Waals surface area contributed by atoms with E-state index in [9.17, 15) is 5.11 Å². The Kier molecular flexibility index (Phi) is 4.05. The molecule has 0 radical (unpaired) electrons. The predicted octanol–water partition coefficient (Wildman–Crippen LogP) is 2.19. The molecular formula is C15H29NO2. The van der Waals surface area contributed by atoms with Crippen molar-refractivity contribution in [1.82, 2.24) is 5.32 Å². The lowest BCUT2D eigenvalue weighted by Gasteiger charge is -2.39. The van der Waals surface area contributed by atoms with Gasteiger partial charge in [0.2, 0.25) is 0 Å². The van der Waals surface area contributed by atoms with Gasteiger partial charge in [-0.25, -0.2) is 0 Å². The zero-order valence-electron chi connectivity index (χ0n) is 12.3. The predicted molar refractivity (Wildman–Crippen MR) is 73.5 cm³/mol. The minimum Gasteiger partial charge on any atom is -0.391 e. The van der Waals surface area contributed by atoms with Gasteiger partial charge in [-0.1, -0.05) is 20.8 Å². The molecule has 3 heteroatoms. The lowest BCUT2D eigenvalue weighted by atomic mass is 9.69. The third kappa shape index (κ3) is 2.21. The van der Waals surface area contributed by atoms with E-state index in [0.29, 0.717) is 23.5 Å². The molecule has 2 saturated carbocycles. The van der Waals surface area contributed by atoms with E-state index in [1.54, 1.807) is 7.11 Å². The molecule has 2 aliphatic rings. The minimum atomic E-state index is -0.332. The summed E-state index contributed by atoms with van der Waals surface area (Å²) in [4.78, 5) is 0. The van der Waals surface area contributed by atoms with Crippen LogP contribution in [0.5, 0.6) is 0 Å². The maximum absolute atomic E-state index is 9.66. The third-order valence-corrected chi connectivity index (χ3v) is 6.02. The normalized spacial score (nSPS) is 39.2. The van der Waals surface area contributed by atoms with Crippen LogP contribution >= 0.6 is 0 Å². The van der Waals surface area contributed by atoms with Crippen molar-refractivity contribution in [3.05, 3.63) is 0 Å². The minimum absolute atomic E-state index is 0.332. The summed E-state index contributed by atoms with van der Waals surface area (Å²) in [6.07, 6.45) is 4.51. The Balaban J connectivity index is 1.82. The van der Waals surface area contributed by atoms with Crippen LogP contribution in [-0.4, -0.2) is 37.5 Å². The van der Waals surface area contributed by atoms with Crippen LogP contribution in [0.15, 0.2) is 0 Å². The molecule has 0 aromatic heterocycles. The number of nitrogens with one attached hydrogen (secondary N) is 1. The van der Waals surface area contributed by atoms with Gasteiger partial charge in [-0.3, -0.25) is 0 Å². The van der Waals surface area contributed by atoms with E-state index in [1.165, 1.54) is 19.3 Å². The molecule has 0 heterocycles. The smallest absolute Gasteiger partial charge is 0.0785 e. The van der Waals surface area contributed by atoms with Crippen LogP contribution in [0.1, 0.15) is 46.5 Å². The lowest BCUT2D eigenvalue weighted by Crippen LogP contribution is -2.45. The molecule has 0 aromatic rings. The van der Waals surface area contributed by atoms with Crippen LogP contribution in [0.3, 0.4) is 0 Å². The van der Waals surface area contributed by atoms with Gasteiger partial charge in [-0.05, 0) is 49.0 Å². The van der Waals surface area contributed by atoms with Crippen LogP contribution < -0.4 is 5.32 Å². The second kappa shape index (κ2) is 5.10. The number of hydrogen-bond acceptors (Lipinski definition) is 3. The molecular weight excluding hydrogens is 226 g/mol. The zero-order chi connectivity index (χ0) is 13.4. The van der Waals surface area contributed by atoms with Crippen molar-refractivity contribution in [2.75, 3.05) is 20.3 Å². The quantitative estimate of drug-likeness (QED) is 0.764. The summed E-state index contributed by atoms with van der Waals surface area (Å²) in [5.41, 5.74) is 0.902. The van der Waals surface area contributed by atoms with Crippen molar-refractivity contribution in [3.8, 4) is 0 Å². The summed E-state index contributed by atoms with van der Waals surface area (Å²) in [6.45, 7) is 8.66. The first kappa shape index (κ1) is 14.3. The molecule has 0 saturated heterocycles. The van der Waals surface area contributed by atoms with Crippen LogP contribution in [0, 0.1) is 16.7 Å². The summed E-state index contributed by atoms with van der Waals surface area (Å²) in [5, 5.41) is 13.3. The largest absolute Gasteiger partial charge is 0.391 e. The monoisotopic (exact) mass is 255 g/mol. The van der Waals surface area contributed by atoms with Gasteiger partial charge in [-0.15, -0.1) is 0 Å². The van der Waals surface area contributed by atoms with Gasteiger partial charge in [0.1, 0.15) is 0 Å². The van der Waals surface area contributed by atoms with Gasteiger partial charge in [0.15, 0.2) is 0 Å². The number of rotatable bonds is 6. The Labute approximate surface area is 111 Å². The van der Waals surface area contributed by atoms with Crippen LogP contribution in [0.25, 0.3) is 0 Å². The van der Waals surface area contributed by atoms with E-state index in [2.05, 4.69) is 26.1 Å². The Hall–Kier alpha value is -0.120. The Morgan fingerprint density at radius 2 is 2.11 bits per heavy atom. The van der Waals surface area contributed by atoms with Crippen LogP contribution in [0.2, 0.25) is 0 Å². The molecule has 0 amide bonds. The van der Waals surface area contributed by atoms with E-state index in [1.807, 2.05) is 0 Å². The number of hydrogen-bond donors (Lipinski definition) is 2. The van der Waals surface area contributed by atoms with Crippen LogP contribution in [0.4, 0.5) is 0 Å². The summed E-state index contributed by atoms with van der Waals surface area (Å²) < 4.78 is 4.95. The topological polar surface area (TPSA) is 41.5 Å². The lowest BCUT2D eigenvalue weighted by molar-refractivity contribution is 0.0564. The number of methoxy groups -OCH3 is 1. The molecule has 4 unspecified atom stereocenters. The second-order valence-electron chi connectivity index (χ2n) is 7.02. The first-order valence-electron chi connectivity index (χ1n) is 7.32. The van der Waals surface area contributed by atoms with E-state index >= 15 is 0 Å². The SMILES string of the molecule is COCC(O)CCNC1CC2CCC1(C)C2(C)C. The fourth-order valence-corrected chi connectivity index (χ4v) is 4.21. The molecule has 106 valence electrons. The number of fused-ring (bicyclic) bond motifs is 2. The van der Waals surface area contributed by atoms with Gasteiger partial charge in [0, 0.05) is 13.2 Å². The number of aliphatic hydroxyl groups excluding tert-OH is 1. The van der Waals surface area contributed by atoms with Gasteiger partial charge in [0.25, 0.3) is 0 Å². The molecule has 0 spiro atoms. The van der Waals surface area contributed by atoms with E-state index in [-0.39, 0.29) is 6.10 Å². The van der Waals surface area contributed by atoms with Crippen molar-refractivity contribution < 1.29 is 9.84 Å². The summed E-state index contributed by atoms with van der Waals surface area (Å²) >= 11 is 0. The fourth-order valence-electron chi connectivity index (χ4n) is 4.21.